The number of ether oxygens (including phenoxy) is 3. The molecule has 1 aromatic carbocycles. The molecule has 0 amide bonds. The number of aromatic nitrogens is 4. The number of hydrogen-bond donors (Lipinski definition) is 1. The number of fused-ring (bicyclic) bond motifs is 3. The van der Waals surface area contributed by atoms with Crippen LogP contribution in [0.2, 0.25) is 0 Å². The average molecular weight is 651 g/mol. The molecular weight excluding hydrogens is 617 g/mol. The number of halogens is 3. The fraction of sp³-hybridized carbons (Fsp3) is 0.394. The number of anilines is 2. The van der Waals surface area contributed by atoms with Crippen LogP contribution in [0.15, 0.2) is 64.1 Å². The van der Waals surface area contributed by atoms with Crippen LogP contribution in [0, 0.1) is 0 Å². The predicted molar refractivity (Wildman–Crippen MR) is 169 cm³/mol. The van der Waals surface area contributed by atoms with Crippen molar-refractivity contribution >= 4 is 33.6 Å². The summed E-state index contributed by atoms with van der Waals surface area (Å²) in [5, 5.41) is 0.575. The van der Waals surface area contributed by atoms with Gasteiger partial charge >= 0.3 is 6.18 Å². The SMILES string of the molecule is COc1ncccc1-c1c[nH]c(=O)c(N2CCOC3(COC3)C2C)c1.FC(F)(F)c1nc(N2CCCC2)c2oc3ccccc3c2n1. The number of benzene rings is 1. The Hall–Kier alpha value is -4.69. The van der Waals surface area contributed by atoms with E-state index in [0.717, 1.165) is 24.0 Å². The van der Waals surface area contributed by atoms with Gasteiger partial charge in [-0.1, -0.05) is 12.1 Å². The van der Waals surface area contributed by atoms with Crippen molar-refractivity contribution < 1.29 is 31.8 Å². The molecule has 14 heteroatoms. The Balaban J connectivity index is 0.000000151. The van der Waals surface area contributed by atoms with Crippen molar-refractivity contribution in [3.05, 3.63) is 71.0 Å². The highest BCUT2D eigenvalue weighted by atomic mass is 19.4. The van der Waals surface area contributed by atoms with Gasteiger partial charge in [-0.3, -0.25) is 4.79 Å². The van der Waals surface area contributed by atoms with Gasteiger partial charge in [0, 0.05) is 48.5 Å². The van der Waals surface area contributed by atoms with E-state index in [1.54, 1.807) is 43.8 Å². The molecule has 1 unspecified atom stereocenters. The highest BCUT2D eigenvalue weighted by molar-refractivity contribution is 6.05. The van der Waals surface area contributed by atoms with Crippen LogP contribution >= 0.6 is 0 Å². The number of hydrogen-bond acceptors (Lipinski definition) is 10. The van der Waals surface area contributed by atoms with Crippen molar-refractivity contribution in [3.8, 4) is 17.0 Å². The average Bonchev–Trinajstić information content (AvgIpc) is 3.73. The summed E-state index contributed by atoms with van der Waals surface area (Å²) in [5.41, 5.74) is 2.97. The summed E-state index contributed by atoms with van der Waals surface area (Å²) < 4.78 is 61.7. The van der Waals surface area contributed by atoms with E-state index in [0.29, 0.717) is 67.6 Å². The van der Waals surface area contributed by atoms with Gasteiger partial charge in [-0.15, -0.1) is 0 Å². The van der Waals surface area contributed by atoms with E-state index in [4.69, 9.17) is 18.6 Å². The molecule has 1 atom stereocenters. The molecule has 47 heavy (non-hydrogen) atoms. The molecule has 0 saturated carbocycles. The summed E-state index contributed by atoms with van der Waals surface area (Å²) in [6, 6.07) is 12.7. The maximum Gasteiger partial charge on any atom is 0.451 e. The molecule has 4 aromatic heterocycles. The largest absolute Gasteiger partial charge is 0.481 e. The Morgan fingerprint density at radius 1 is 1.06 bits per heavy atom. The summed E-state index contributed by atoms with van der Waals surface area (Å²) in [6.45, 7) is 5.82. The maximum atomic E-state index is 13.1. The van der Waals surface area contributed by atoms with Crippen LogP contribution in [-0.2, 0) is 15.7 Å². The third-order valence-corrected chi connectivity index (χ3v) is 8.97. The number of nitrogens with one attached hydrogen (secondary N) is 1. The van der Waals surface area contributed by atoms with E-state index in [1.165, 1.54) is 0 Å². The fourth-order valence-corrected chi connectivity index (χ4v) is 6.36. The molecule has 3 aliphatic rings. The Bertz CT molecular complexity index is 1970. The molecule has 7 heterocycles. The predicted octanol–water partition coefficient (Wildman–Crippen LogP) is 5.43. The molecule has 0 aliphatic carbocycles. The van der Waals surface area contributed by atoms with Gasteiger partial charge in [0.15, 0.2) is 11.4 Å². The Morgan fingerprint density at radius 3 is 2.57 bits per heavy atom. The van der Waals surface area contributed by atoms with Crippen molar-refractivity contribution in [1.29, 1.82) is 0 Å². The summed E-state index contributed by atoms with van der Waals surface area (Å²) in [5.74, 6) is -0.348. The van der Waals surface area contributed by atoms with Crippen molar-refractivity contribution in [2.24, 2.45) is 0 Å². The molecule has 3 fully saturated rings. The lowest BCUT2D eigenvalue weighted by atomic mass is 9.90. The minimum atomic E-state index is -4.58. The second kappa shape index (κ2) is 12.2. The number of para-hydroxylation sites is 1. The third kappa shape index (κ3) is 5.65. The van der Waals surface area contributed by atoms with E-state index < -0.39 is 12.0 Å². The molecule has 3 saturated heterocycles. The van der Waals surface area contributed by atoms with Crippen molar-refractivity contribution in [2.45, 2.75) is 37.6 Å². The number of furan rings is 1. The highest BCUT2D eigenvalue weighted by Crippen LogP contribution is 2.38. The number of aromatic amines is 1. The topological polar surface area (TPSA) is 119 Å². The minimum absolute atomic E-state index is 0.0575. The number of nitrogens with zero attached hydrogens (tertiary/aromatic N) is 5. The third-order valence-electron chi connectivity index (χ3n) is 8.97. The van der Waals surface area contributed by atoms with Gasteiger partial charge < -0.3 is 33.4 Å². The first-order chi connectivity index (χ1) is 22.7. The zero-order valence-corrected chi connectivity index (χ0v) is 25.8. The Labute approximate surface area is 267 Å². The summed E-state index contributed by atoms with van der Waals surface area (Å²) in [6.07, 6.45) is 0.666. The first-order valence-corrected chi connectivity index (χ1v) is 15.4. The standard InChI is InChI=1S/C18H21N3O4.C15H12F3N3O/c1-12-18(10-24-11-18)25-7-6-21(12)15-8-13(9-20-16(15)22)14-4-3-5-19-17(14)23-2;16-15(17,18)14-19-11-9-5-1-2-6-10(9)22-12(11)13(20-14)21-7-3-4-8-21/h3-5,8-9,12H,6-7,10-11H2,1-2H3,(H,20,22);1-2,5-6H,3-4,7-8H2. The number of morpholine rings is 1. The molecule has 1 N–H and O–H groups in total. The van der Waals surface area contributed by atoms with E-state index >= 15 is 0 Å². The monoisotopic (exact) mass is 650 g/mol. The first kappa shape index (κ1) is 30.9. The van der Waals surface area contributed by atoms with Gasteiger partial charge in [-0.05, 0) is 50.1 Å². The van der Waals surface area contributed by atoms with E-state index in [1.807, 2.05) is 23.1 Å². The molecule has 5 aromatic rings. The molecule has 0 radical (unpaired) electrons. The molecule has 0 bridgehead atoms. The van der Waals surface area contributed by atoms with Gasteiger partial charge in [0.1, 0.15) is 22.4 Å². The van der Waals surface area contributed by atoms with Gasteiger partial charge in [-0.2, -0.15) is 13.2 Å². The highest BCUT2D eigenvalue weighted by Gasteiger charge is 2.50. The van der Waals surface area contributed by atoms with Gasteiger partial charge in [-0.25, -0.2) is 15.0 Å². The molecule has 8 rings (SSSR count). The minimum Gasteiger partial charge on any atom is -0.481 e. The van der Waals surface area contributed by atoms with Crippen LogP contribution in [-0.4, -0.2) is 78.1 Å². The lowest BCUT2D eigenvalue weighted by Crippen LogP contribution is -2.68. The van der Waals surface area contributed by atoms with Crippen LogP contribution in [0.25, 0.3) is 33.2 Å². The number of H-pyrrole nitrogens is 1. The first-order valence-electron chi connectivity index (χ1n) is 15.4. The maximum absolute atomic E-state index is 13.1. The smallest absolute Gasteiger partial charge is 0.451 e. The van der Waals surface area contributed by atoms with Gasteiger partial charge in [0.25, 0.3) is 5.56 Å². The van der Waals surface area contributed by atoms with Crippen molar-refractivity contribution in [1.82, 2.24) is 19.9 Å². The van der Waals surface area contributed by atoms with E-state index in [2.05, 4.69) is 31.8 Å². The van der Waals surface area contributed by atoms with Gasteiger partial charge in [0.05, 0.1) is 33.0 Å². The van der Waals surface area contributed by atoms with Crippen LogP contribution in [0.5, 0.6) is 5.88 Å². The lowest BCUT2D eigenvalue weighted by Gasteiger charge is -2.53. The second-order valence-corrected chi connectivity index (χ2v) is 11.8. The summed E-state index contributed by atoms with van der Waals surface area (Å²) in [7, 11) is 1.59. The quantitative estimate of drug-likeness (QED) is 0.270. The molecule has 246 valence electrons. The Kier molecular flexibility index (Phi) is 8.00. The molecule has 3 aliphatic heterocycles. The molecular formula is C33H33F3N6O5. The number of methoxy groups -OCH3 is 1. The summed E-state index contributed by atoms with van der Waals surface area (Å²) in [4.78, 5) is 31.0. The van der Waals surface area contributed by atoms with Crippen molar-refractivity contribution in [2.75, 3.05) is 56.4 Å². The van der Waals surface area contributed by atoms with Crippen LogP contribution in [0.3, 0.4) is 0 Å². The van der Waals surface area contributed by atoms with Crippen LogP contribution in [0.4, 0.5) is 24.7 Å². The molecule has 11 nitrogen and oxygen atoms in total. The fourth-order valence-electron chi connectivity index (χ4n) is 6.36. The molecule has 1 spiro atoms. The normalized spacial score (nSPS) is 19.1. The lowest BCUT2D eigenvalue weighted by molar-refractivity contribution is -0.228. The van der Waals surface area contributed by atoms with E-state index in [9.17, 15) is 18.0 Å². The zero-order valence-electron chi connectivity index (χ0n) is 25.8. The van der Waals surface area contributed by atoms with Gasteiger partial charge in [0.2, 0.25) is 11.7 Å². The number of rotatable bonds is 4. The van der Waals surface area contributed by atoms with Crippen LogP contribution < -0.4 is 20.1 Å². The number of pyridine rings is 2. The number of alkyl halides is 3. The Morgan fingerprint density at radius 2 is 1.85 bits per heavy atom. The van der Waals surface area contributed by atoms with Crippen molar-refractivity contribution in [3.63, 3.8) is 0 Å². The zero-order chi connectivity index (χ0) is 32.8. The van der Waals surface area contributed by atoms with Crippen LogP contribution in [0.1, 0.15) is 25.6 Å². The summed E-state index contributed by atoms with van der Waals surface area (Å²) >= 11 is 0. The second-order valence-electron chi connectivity index (χ2n) is 11.8. The van der Waals surface area contributed by atoms with E-state index in [-0.39, 0.29) is 28.5 Å².